The molecule has 0 saturated carbocycles. The molecule has 1 aromatic rings. The fraction of sp³-hybridized carbons (Fsp3) is 0.632. The van der Waals surface area contributed by atoms with Crippen molar-refractivity contribution in [2.45, 2.75) is 45.6 Å². The Morgan fingerprint density at radius 1 is 1.20 bits per heavy atom. The lowest BCUT2D eigenvalue weighted by molar-refractivity contribution is -0.149. The van der Waals surface area contributed by atoms with E-state index in [1.165, 1.54) is 0 Å². The van der Waals surface area contributed by atoms with Crippen molar-refractivity contribution in [2.24, 2.45) is 5.41 Å². The first-order chi connectivity index (χ1) is 11.7. The Labute approximate surface area is 148 Å². The third-order valence-corrected chi connectivity index (χ3v) is 5.39. The largest absolute Gasteiger partial charge is 0.371 e. The van der Waals surface area contributed by atoms with E-state index in [0.29, 0.717) is 13.0 Å². The Hall–Kier alpha value is -1.85. The molecule has 0 radical (unpaired) electrons. The number of carbonyl (C=O) groups excluding carboxylic acids is 1. The summed E-state index contributed by atoms with van der Waals surface area (Å²) in [6.07, 6.45) is 0.138. The van der Waals surface area contributed by atoms with Gasteiger partial charge < -0.3 is 15.1 Å². The molecule has 25 heavy (non-hydrogen) atoms. The lowest BCUT2D eigenvalue weighted by Gasteiger charge is -2.46. The van der Waals surface area contributed by atoms with E-state index < -0.39 is 11.3 Å². The first-order valence-corrected chi connectivity index (χ1v) is 8.97. The Kier molecular flexibility index (Phi) is 4.64. The molecule has 0 aliphatic carbocycles. The van der Waals surface area contributed by atoms with E-state index in [9.17, 15) is 13.6 Å². The van der Waals surface area contributed by atoms with Crippen LogP contribution in [0.5, 0.6) is 0 Å². The highest BCUT2D eigenvalue weighted by molar-refractivity contribution is 5.74. The maximum atomic E-state index is 14.8. The first-order valence-electron chi connectivity index (χ1n) is 8.97. The average Bonchev–Trinajstić information content (AvgIpc) is 2.95. The Morgan fingerprint density at radius 3 is 2.64 bits per heavy atom. The second-order valence-electron chi connectivity index (χ2n) is 7.77. The highest BCUT2D eigenvalue weighted by Gasteiger charge is 2.60. The maximum absolute atomic E-state index is 14.8. The molecule has 3 rings (SSSR count). The highest BCUT2D eigenvalue weighted by atomic mass is 19.3. The summed E-state index contributed by atoms with van der Waals surface area (Å²) in [4.78, 5) is 15.9. The molecule has 2 aliphatic heterocycles. The van der Waals surface area contributed by atoms with Crippen LogP contribution in [0.3, 0.4) is 0 Å². The fourth-order valence-electron chi connectivity index (χ4n) is 3.96. The number of anilines is 1. The molecule has 2 amide bonds. The van der Waals surface area contributed by atoms with Crippen molar-refractivity contribution in [3.63, 3.8) is 0 Å². The standard InChI is InChI=1S/C19H27F2N3O/c1-14(2)22-17(25)24-10-8-19(20,21)18(13-24)7-9-23(12-18)16-6-4-5-15(3)11-16/h4-6,11,14H,7-10,12-13H2,1-3H3,(H,22,25)/t18-/m1/s1. The Bertz CT molecular complexity index is 649. The van der Waals surface area contributed by atoms with Crippen LogP contribution in [0.25, 0.3) is 0 Å². The minimum absolute atomic E-state index is 0.00161. The summed E-state index contributed by atoms with van der Waals surface area (Å²) in [5.41, 5.74) is 0.937. The van der Waals surface area contributed by atoms with Gasteiger partial charge in [-0.05, 0) is 44.9 Å². The molecule has 0 aromatic heterocycles. The van der Waals surface area contributed by atoms with Crippen LogP contribution >= 0.6 is 0 Å². The van der Waals surface area contributed by atoms with Crippen molar-refractivity contribution in [2.75, 3.05) is 31.1 Å². The van der Waals surface area contributed by atoms with Gasteiger partial charge in [-0.3, -0.25) is 0 Å². The number of benzene rings is 1. The minimum Gasteiger partial charge on any atom is -0.371 e. The van der Waals surface area contributed by atoms with Gasteiger partial charge in [-0.25, -0.2) is 13.6 Å². The Balaban J connectivity index is 1.79. The number of rotatable bonds is 2. The zero-order valence-corrected chi connectivity index (χ0v) is 15.2. The van der Waals surface area contributed by atoms with Gasteiger partial charge in [-0.1, -0.05) is 12.1 Å². The van der Waals surface area contributed by atoms with Crippen LogP contribution in [0.1, 0.15) is 32.3 Å². The van der Waals surface area contributed by atoms with Gasteiger partial charge >= 0.3 is 6.03 Å². The van der Waals surface area contributed by atoms with E-state index in [-0.39, 0.29) is 38.1 Å². The van der Waals surface area contributed by atoms with Crippen molar-refractivity contribution in [3.05, 3.63) is 29.8 Å². The van der Waals surface area contributed by atoms with Gasteiger partial charge in [-0.15, -0.1) is 0 Å². The van der Waals surface area contributed by atoms with Gasteiger partial charge in [0.2, 0.25) is 0 Å². The number of halogens is 2. The number of nitrogens with zero attached hydrogens (tertiary/aromatic N) is 2. The summed E-state index contributed by atoms with van der Waals surface area (Å²) in [6.45, 7) is 6.86. The Morgan fingerprint density at radius 2 is 1.96 bits per heavy atom. The number of likely N-dealkylation sites (tertiary alicyclic amines) is 1. The van der Waals surface area contributed by atoms with Gasteiger partial charge in [-0.2, -0.15) is 0 Å². The third kappa shape index (κ3) is 3.44. The monoisotopic (exact) mass is 351 g/mol. The molecule has 6 heteroatoms. The second-order valence-corrected chi connectivity index (χ2v) is 7.77. The molecule has 1 aromatic carbocycles. The normalized spacial score (nSPS) is 25.7. The van der Waals surface area contributed by atoms with E-state index in [1.807, 2.05) is 49.9 Å². The molecule has 2 aliphatic rings. The summed E-state index contributed by atoms with van der Waals surface area (Å²) in [5, 5.41) is 2.83. The lowest BCUT2D eigenvalue weighted by atomic mass is 9.75. The van der Waals surface area contributed by atoms with Gasteiger partial charge in [0.15, 0.2) is 0 Å². The molecule has 4 nitrogen and oxygen atoms in total. The maximum Gasteiger partial charge on any atom is 0.317 e. The number of carbonyl (C=O) groups is 1. The molecule has 2 saturated heterocycles. The van der Waals surface area contributed by atoms with Gasteiger partial charge in [0.1, 0.15) is 0 Å². The summed E-state index contributed by atoms with van der Waals surface area (Å²) < 4.78 is 29.7. The molecule has 138 valence electrons. The van der Waals surface area contributed by atoms with Crippen molar-refractivity contribution in [1.29, 1.82) is 0 Å². The highest BCUT2D eigenvalue weighted by Crippen LogP contribution is 2.50. The van der Waals surface area contributed by atoms with Crippen LogP contribution < -0.4 is 10.2 Å². The smallest absolute Gasteiger partial charge is 0.317 e. The topological polar surface area (TPSA) is 35.6 Å². The third-order valence-electron chi connectivity index (χ3n) is 5.39. The number of urea groups is 1. The summed E-state index contributed by atoms with van der Waals surface area (Å²) in [6, 6.07) is 7.72. The first kappa shape index (κ1) is 18.0. The molecule has 1 atom stereocenters. The molecule has 1 spiro atoms. The molecular formula is C19H27F2N3O. The van der Waals surface area contributed by atoms with Crippen LogP contribution in [0.4, 0.5) is 19.3 Å². The summed E-state index contributed by atoms with van der Waals surface area (Å²) in [7, 11) is 0. The van der Waals surface area contributed by atoms with Crippen molar-refractivity contribution in [1.82, 2.24) is 10.2 Å². The van der Waals surface area contributed by atoms with Crippen molar-refractivity contribution in [3.8, 4) is 0 Å². The van der Waals surface area contributed by atoms with E-state index in [4.69, 9.17) is 0 Å². The number of aryl methyl sites for hydroxylation is 1. The van der Waals surface area contributed by atoms with Gasteiger partial charge in [0.25, 0.3) is 5.92 Å². The quantitative estimate of drug-likeness (QED) is 0.883. The zero-order chi connectivity index (χ0) is 18.2. The van der Waals surface area contributed by atoms with Crippen LogP contribution in [-0.4, -0.2) is 49.1 Å². The van der Waals surface area contributed by atoms with Crippen LogP contribution in [0.2, 0.25) is 0 Å². The lowest BCUT2D eigenvalue weighted by Crippen LogP contribution is -2.60. The molecule has 0 bridgehead atoms. The van der Waals surface area contributed by atoms with E-state index >= 15 is 0 Å². The second kappa shape index (κ2) is 6.46. The average molecular weight is 351 g/mol. The minimum atomic E-state index is -2.75. The van der Waals surface area contributed by atoms with Crippen LogP contribution in [-0.2, 0) is 0 Å². The predicted molar refractivity (Wildman–Crippen MR) is 95.2 cm³/mol. The molecule has 2 heterocycles. The molecular weight excluding hydrogens is 324 g/mol. The number of hydrogen-bond donors (Lipinski definition) is 1. The van der Waals surface area contributed by atoms with Gasteiger partial charge in [0.05, 0.1) is 5.41 Å². The van der Waals surface area contributed by atoms with E-state index in [1.54, 1.807) is 4.90 Å². The summed E-state index contributed by atoms with van der Waals surface area (Å²) in [5.74, 6) is -2.75. The number of nitrogens with one attached hydrogen (secondary N) is 1. The fourth-order valence-corrected chi connectivity index (χ4v) is 3.96. The van der Waals surface area contributed by atoms with Crippen LogP contribution in [0, 0.1) is 12.3 Å². The van der Waals surface area contributed by atoms with Crippen LogP contribution in [0.15, 0.2) is 24.3 Å². The molecule has 2 fully saturated rings. The van der Waals surface area contributed by atoms with E-state index in [2.05, 4.69) is 5.32 Å². The number of alkyl halides is 2. The number of piperidine rings is 1. The number of amides is 2. The predicted octanol–water partition coefficient (Wildman–Crippen LogP) is 3.65. The van der Waals surface area contributed by atoms with Crippen molar-refractivity contribution >= 4 is 11.7 Å². The molecule has 0 unspecified atom stereocenters. The summed E-state index contributed by atoms with van der Waals surface area (Å²) >= 11 is 0. The van der Waals surface area contributed by atoms with Crippen molar-refractivity contribution < 1.29 is 13.6 Å². The zero-order valence-electron chi connectivity index (χ0n) is 15.2. The van der Waals surface area contributed by atoms with E-state index in [0.717, 1.165) is 11.3 Å². The molecule has 1 N–H and O–H groups in total. The SMILES string of the molecule is Cc1cccc(N2CC[C@]3(CN(C(=O)NC(C)C)CCC3(F)F)C2)c1. The number of hydrogen-bond acceptors (Lipinski definition) is 2. The van der Waals surface area contributed by atoms with Gasteiger partial charge in [0, 0.05) is 44.3 Å².